The van der Waals surface area contributed by atoms with Crippen LogP contribution in [0.1, 0.15) is 76.5 Å². The van der Waals surface area contributed by atoms with Gasteiger partial charge in [-0.2, -0.15) is 0 Å². The minimum Gasteiger partial charge on any atom is -0.485 e. The molecule has 0 radical (unpaired) electrons. The summed E-state index contributed by atoms with van der Waals surface area (Å²) in [6.07, 6.45) is 6.06. The molecule has 46 heavy (non-hydrogen) atoms. The average molecular weight is 630 g/mol. The van der Waals surface area contributed by atoms with E-state index in [0.29, 0.717) is 24.4 Å². The number of amides is 2. The Hall–Kier alpha value is -4.73. The molecular formula is C36H43N3O7. The van der Waals surface area contributed by atoms with Crippen LogP contribution in [0.2, 0.25) is 0 Å². The Bertz CT molecular complexity index is 1510. The number of aliphatic carboxylic acids is 1. The van der Waals surface area contributed by atoms with Crippen LogP contribution in [0, 0.1) is 0 Å². The van der Waals surface area contributed by atoms with Crippen molar-refractivity contribution in [3.63, 3.8) is 0 Å². The van der Waals surface area contributed by atoms with Crippen molar-refractivity contribution in [3.8, 4) is 5.75 Å². The molecule has 0 aliphatic carbocycles. The Morgan fingerprint density at radius 2 is 1.85 bits per heavy atom. The molecule has 3 heterocycles. The molecule has 2 aromatic carbocycles. The lowest BCUT2D eigenvalue weighted by Gasteiger charge is -2.28. The van der Waals surface area contributed by atoms with Crippen molar-refractivity contribution in [2.45, 2.75) is 89.1 Å². The lowest BCUT2D eigenvalue weighted by molar-refractivity contribution is -0.149. The highest BCUT2D eigenvalue weighted by molar-refractivity contribution is 5.90. The number of para-hydroxylation sites is 1. The molecular weight excluding hydrogens is 586 g/mol. The molecule has 1 fully saturated rings. The van der Waals surface area contributed by atoms with E-state index in [4.69, 9.17) is 14.2 Å². The number of likely N-dealkylation sites (tertiary alicyclic amines) is 1. The van der Waals surface area contributed by atoms with E-state index in [9.17, 15) is 19.5 Å². The lowest BCUT2D eigenvalue weighted by Crippen LogP contribution is -2.52. The van der Waals surface area contributed by atoms with E-state index in [-0.39, 0.29) is 19.0 Å². The van der Waals surface area contributed by atoms with Gasteiger partial charge in [-0.25, -0.2) is 9.59 Å². The van der Waals surface area contributed by atoms with Gasteiger partial charge in [0.15, 0.2) is 11.5 Å². The summed E-state index contributed by atoms with van der Waals surface area (Å²) >= 11 is 0. The van der Waals surface area contributed by atoms with E-state index in [1.165, 1.54) is 4.90 Å². The van der Waals surface area contributed by atoms with Crippen LogP contribution in [0.15, 0.2) is 84.8 Å². The monoisotopic (exact) mass is 629 g/mol. The Morgan fingerprint density at radius 3 is 2.57 bits per heavy atom. The van der Waals surface area contributed by atoms with Crippen LogP contribution in [-0.4, -0.2) is 58.3 Å². The van der Waals surface area contributed by atoms with Crippen molar-refractivity contribution < 1.29 is 33.7 Å². The molecule has 1 unspecified atom stereocenters. The quantitative estimate of drug-likeness (QED) is 0.191. The fraction of sp³-hybridized carbons (Fsp3) is 0.417. The average Bonchev–Trinajstić information content (AvgIpc) is 3.62. The maximum absolute atomic E-state index is 13.9. The number of carbonyl (C=O) groups is 3. The number of allylic oxidation sites excluding steroid dienone is 2. The van der Waals surface area contributed by atoms with Gasteiger partial charge in [0.05, 0.1) is 6.54 Å². The summed E-state index contributed by atoms with van der Waals surface area (Å²) in [5, 5.41) is 16.4. The molecule has 4 atom stereocenters. The predicted octanol–water partition coefficient (Wildman–Crippen LogP) is 6.08. The van der Waals surface area contributed by atoms with Crippen LogP contribution in [0.3, 0.4) is 0 Å². The summed E-state index contributed by atoms with van der Waals surface area (Å²) in [6, 6.07) is 15.2. The van der Waals surface area contributed by atoms with Gasteiger partial charge >= 0.3 is 12.1 Å². The van der Waals surface area contributed by atoms with E-state index in [1.54, 1.807) is 20.8 Å². The first-order valence-corrected chi connectivity index (χ1v) is 15.9. The molecule has 3 aliphatic rings. The number of hydrogen-bond acceptors (Lipinski definition) is 7. The smallest absolute Gasteiger partial charge is 0.408 e. The van der Waals surface area contributed by atoms with Gasteiger partial charge in [-0.15, -0.1) is 6.58 Å². The fourth-order valence-corrected chi connectivity index (χ4v) is 6.00. The molecule has 0 spiro atoms. The molecule has 0 aromatic heterocycles. The molecule has 2 aromatic rings. The van der Waals surface area contributed by atoms with Gasteiger partial charge in [0, 0.05) is 23.8 Å². The third-order valence-electron chi connectivity index (χ3n) is 8.13. The molecule has 3 aliphatic heterocycles. The first-order chi connectivity index (χ1) is 22.0. The minimum atomic E-state index is -1.13. The zero-order chi connectivity index (χ0) is 32.8. The highest BCUT2D eigenvalue weighted by Crippen LogP contribution is 2.44. The molecule has 0 bridgehead atoms. The van der Waals surface area contributed by atoms with E-state index in [0.717, 1.165) is 41.8 Å². The third kappa shape index (κ3) is 7.73. The van der Waals surface area contributed by atoms with Crippen LogP contribution in [-0.2, 0) is 19.1 Å². The van der Waals surface area contributed by atoms with E-state index >= 15 is 0 Å². The second kappa shape index (κ2) is 14.1. The fourth-order valence-electron chi connectivity index (χ4n) is 6.00. The topological polar surface area (TPSA) is 126 Å². The summed E-state index contributed by atoms with van der Waals surface area (Å²) in [6.45, 7) is 9.01. The molecule has 10 nitrogen and oxygen atoms in total. The number of dihydropyridines is 1. The lowest BCUT2D eigenvalue weighted by atomic mass is 10.00. The van der Waals surface area contributed by atoms with Gasteiger partial charge < -0.3 is 34.9 Å². The zero-order valence-corrected chi connectivity index (χ0v) is 26.7. The van der Waals surface area contributed by atoms with Crippen LogP contribution < -0.4 is 15.4 Å². The number of ether oxygens (including phenoxy) is 3. The normalized spacial score (nSPS) is 20.8. The van der Waals surface area contributed by atoms with Crippen molar-refractivity contribution in [2.24, 2.45) is 0 Å². The number of rotatable bonds is 12. The highest BCUT2D eigenvalue weighted by Gasteiger charge is 2.45. The molecule has 1 saturated heterocycles. The maximum Gasteiger partial charge on any atom is 0.408 e. The maximum atomic E-state index is 13.9. The number of carboxylic acid groups (broad SMARTS) is 1. The summed E-state index contributed by atoms with van der Waals surface area (Å²) in [5.41, 5.74) is 2.01. The van der Waals surface area contributed by atoms with Crippen molar-refractivity contribution in [3.05, 3.63) is 96.0 Å². The van der Waals surface area contributed by atoms with Crippen LogP contribution >= 0.6 is 0 Å². The SMILES string of the molecule is C=CCCCCC[C@H](NC(=O)OC(C)(C)C)C(=O)N1C[C@H](OC2=C3Oc4ccccc4C3NC(c3ccccc3)=C2)C[C@H]1C(=O)O. The number of carbonyl (C=O) groups excluding carboxylic acids is 2. The number of nitrogens with zero attached hydrogens (tertiary/aromatic N) is 1. The van der Waals surface area contributed by atoms with Crippen molar-refractivity contribution in [2.75, 3.05) is 6.54 Å². The van der Waals surface area contributed by atoms with Crippen molar-refractivity contribution >= 4 is 23.7 Å². The first kappa shape index (κ1) is 32.7. The number of fused-ring (bicyclic) bond motifs is 3. The first-order valence-electron chi connectivity index (χ1n) is 15.9. The van der Waals surface area contributed by atoms with Gasteiger partial charge in [-0.1, -0.05) is 67.4 Å². The minimum absolute atomic E-state index is 0.0368. The van der Waals surface area contributed by atoms with Crippen LogP contribution in [0.25, 0.3) is 5.70 Å². The number of alkyl carbamates (subject to hydrolysis) is 1. The Morgan fingerprint density at radius 1 is 1.11 bits per heavy atom. The third-order valence-corrected chi connectivity index (χ3v) is 8.13. The largest absolute Gasteiger partial charge is 0.485 e. The Labute approximate surface area is 270 Å². The molecule has 244 valence electrons. The molecule has 0 saturated carbocycles. The van der Waals surface area contributed by atoms with Gasteiger partial charge in [0.1, 0.15) is 35.6 Å². The molecule has 2 amide bonds. The molecule has 3 N–H and O–H groups in total. The zero-order valence-electron chi connectivity index (χ0n) is 26.7. The second-order valence-corrected chi connectivity index (χ2v) is 12.8. The Kier molecular flexibility index (Phi) is 10.0. The highest BCUT2D eigenvalue weighted by atomic mass is 16.6. The standard InChI is InChI=1S/C36H43N3O7/c1-5-6-7-8-12-18-26(38-35(43)46-36(2,3)4)33(40)39-22-24(20-28(39)34(41)42)44-30-21-27(23-15-10-9-11-16-23)37-31-25-17-13-14-19-29(25)45-32(30)31/h5,9-11,13-17,19,21,24,26,28,31,37H,1,6-8,12,18,20,22H2,2-4H3,(H,38,43)(H,41,42)/t24-,26+,28+,31?/m1/s1. The van der Waals surface area contributed by atoms with Crippen LogP contribution in [0.5, 0.6) is 5.75 Å². The summed E-state index contributed by atoms with van der Waals surface area (Å²) < 4.78 is 18.2. The number of nitrogens with one attached hydrogen (secondary N) is 2. The van der Waals surface area contributed by atoms with Gasteiger partial charge in [-0.3, -0.25) is 4.79 Å². The van der Waals surface area contributed by atoms with Gasteiger partial charge in [-0.05, 0) is 51.7 Å². The number of unbranched alkanes of at least 4 members (excludes halogenated alkanes) is 3. The number of benzene rings is 2. The van der Waals surface area contributed by atoms with Crippen LogP contribution in [0.4, 0.5) is 4.79 Å². The second-order valence-electron chi connectivity index (χ2n) is 12.8. The molecule has 10 heteroatoms. The van der Waals surface area contributed by atoms with E-state index < -0.39 is 41.8 Å². The van der Waals surface area contributed by atoms with Gasteiger partial charge in [0.2, 0.25) is 5.91 Å². The summed E-state index contributed by atoms with van der Waals surface area (Å²) in [4.78, 5) is 40.4. The van der Waals surface area contributed by atoms with E-state index in [1.807, 2.05) is 66.7 Å². The number of hydrogen-bond donors (Lipinski definition) is 3. The molecule has 5 rings (SSSR count). The predicted molar refractivity (Wildman–Crippen MR) is 173 cm³/mol. The summed E-state index contributed by atoms with van der Waals surface area (Å²) in [5.74, 6) is 0.176. The summed E-state index contributed by atoms with van der Waals surface area (Å²) in [7, 11) is 0. The van der Waals surface area contributed by atoms with Crippen molar-refractivity contribution in [1.82, 2.24) is 15.5 Å². The van der Waals surface area contributed by atoms with Gasteiger partial charge in [0.25, 0.3) is 0 Å². The Balaban J connectivity index is 1.37. The van der Waals surface area contributed by atoms with Crippen molar-refractivity contribution in [1.29, 1.82) is 0 Å². The number of carboxylic acids is 1. The van der Waals surface area contributed by atoms with E-state index in [2.05, 4.69) is 17.2 Å².